The minimum Gasteiger partial charge on any atom is -0.438 e. The summed E-state index contributed by atoms with van der Waals surface area (Å²) in [6, 6.07) is 15.6. The maximum atomic E-state index is 9.14. The molecule has 3 rings (SSSR count). The Morgan fingerprint density at radius 1 is 1.00 bits per heavy atom. The monoisotopic (exact) mass is 343 g/mol. The average Bonchev–Trinajstić information content (AvgIpc) is 2.51. The third kappa shape index (κ3) is 2.91. The molecule has 1 N–H and O–H groups in total. The van der Waals surface area contributed by atoms with Gasteiger partial charge < -0.3 is 9.84 Å². The van der Waals surface area contributed by atoms with Crippen molar-refractivity contribution in [2.75, 3.05) is 6.61 Å². The number of pyridine rings is 1. The van der Waals surface area contributed by atoms with Gasteiger partial charge in [0.05, 0.1) is 0 Å². The molecule has 0 spiro atoms. The topological polar surface area (TPSA) is 42.4 Å². The van der Waals surface area contributed by atoms with Crippen molar-refractivity contribution >= 4 is 26.7 Å². The first-order valence-electron chi connectivity index (χ1n) is 6.69. The predicted octanol–water partition coefficient (Wildman–Crippen LogP) is 4.32. The van der Waals surface area contributed by atoms with Gasteiger partial charge in [-0.05, 0) is 36.2 Å². The van der Waals surface area contributed by atoms with Gasteiger partial charge in [-0.25, -0.2) is 4.98 Å². The number of ether oxygens (including phenoxy) is 1. The Bertz CT molecular complexity index is 774. The van der Waals surface area contributed by atoms with E-state index in [-0.39, 0.29) is 6.61 Å². The van der Waals surface area contributed by atoms with Gasteiger partial charge in [0.2, 0.25) is 5.88 Å². The number of halogens is 1. The Morgan fingerprint density at radius 2 is 1.86 bits per heavy atom. The molecule has 106 valence electrons. The number of benzene rings is 2. The molecule has 3 nitrogen and oxygen atoms in total. The lowest BCUT2D eigenvalue weighted by atomic mass is 10.1. The summed E-state index contributed by atoms with van der Waals surface area (Å²) in [5, 5.41) is 11.1. The average molecular weight is 344 g/mol. The highest BCUT2D eigenvalue weighted by Crippen LogP contribution is 2.32. The van der Waals surface area contributed by atoms with Crippen molar-refractivity contribution in [1.29, 1.82) is 0 Å². The molecule has 4 heteroatoms. The SMILES string of the molecule is OCCc1ccccc1Oc1nccc2c(Br)cccc12. The lowest BCUT2D eigenvalue weighted by Crippen LogP contribution is -1.96. The van der Waals surface area contributed by atoms with Gasteiger partial charge in [-0.2, -0.15) is 0 Å². The first kappa shape index (κ1) is 14.0. The van der Waals surface area contributed by atoms with Crippen LogP contribution >= 0.6 is 15.9 Å². The summed E-state index contributed by atoms with van der Waals surface area (Å²) < 4.78 is 7.00. The van der Waals surface area contributed by atoms with E-state index in [4.69, 9.17) is 9.84 Å². The minimum absolute atomic E-state index is 0.0922. The number of aliphatic hydroxyl groups is 1. The Kier molecular flexibility index (Phi) is 4.18. The van der Waals surface area contributed by atoms with Crippen LogP contribution in [0.3, 0.4) is 0 Å². The highest BCUT2D eigenvalue weighted by atomic mass is 79.9. The molecule has 0 atom stereocenters. The van der Waals surface area contributed by atoms with E-state index in [0.29, 0.717) is 12.3 Å². The standard InChI is InChI=1S/C17H14BrNO2/c18-15-6-3-5-14-13(15)8-10-19-17(14)21-16-7-2-1-4-12(16)9-11-20/h1-8,10,20H,9,11H2. The summed E-state index contributed by atoms with van der Waals surface area (Å²) in [7, 11) is 0. The molecular formula is C17H14BrNO2. The summed E-state index contributed by atoms with van der Waals surface area (Å²) >= 11 is 3.54. The number of hydrogen-bond acceptors (Lipinski definition) is 3. The van der Waals surface area contributed by atoms with Crippen molar-refractivity contribution in [3.8, 4) is 11.6 Å². The van der Waals surface area contributed by atoms with Crippen molar-refractivity contribution < 1.29 is 9.84 Å². The molecule has 0 radical (unpaired) electrons. The molecule has 0 saturated heterocycles. The van der Waals surface area contributed by atoms with Gasteiger partial charge in [0.25, 0.3) is 0 Å². The Morgan fingerprint density at radius 3 is 2.71 bits per heavy atom. The van der Waals surface area contributed by atoms with E-state index in [1.807, 2.05) is 48.5 Å². The lowest BCUT2D eigenvalue weighted by molar-refractivity contribution is 0.297. The fourth-order valence-corrected chi connectivity index (χ4v) is 2.76. The normalized spacial score (nSPS) is 10.8. The molecule has 0 fully saturated rings. The highest BCUT2D eigenvalue weighted by Gasteiger charge is 2.09. The molecule has 0 aliphatic rings. The number of nitrogens with zero attached hydrogens (tertiary/aromatic N) is 1. The first-order chi connectivity index (χ1) is 10.3. The van der Waals surface area contributed by atoms with Crippen LogP contribution < -0.4 is 4.74 Å². The first-order valence-corrected chi connectivity index (χ1v) is 7.49. The second-order valence-corrected chi connectivity index (χ2v) is 5.49. The summed E-state index contributed by atoms with van der Waals surface area (Å²) in [6.45, 7) is 0.0922. The molecule has 0 unspecified atom stereocenters. The van der Waals surface area contributed by atoms with Crippen molar-refractivity contribution in [3.63, 3.8) is 0 Å². The largest absolute Gasteiger partial charge is 0.438 e. The van der Waals surface area contributed by atoms with Crippen LogP contribution in [-0.4, -0.2) is 16.7 Å². The van der Waals surface area contributed by atoms with Crippen molar-refractivity contribution in [2.45, 2.75) is 6.42 Å². The molecule has 0 bridgehead atoms. The second-order valence-electron chi connectivity index (χ2n) is 4.63. The van der Waals surface area contributed by atoms with E-state index in [0.717, 1.165) is 26.6 Å². The van der Waals surface area contributed by atoms with Crippen LogP contribution in [-0.2, 0) is 6.42 Å². The van der Waals surface area contributed by atoms with Gasteiger partial charge in [-0.1, -0.05) is 40.2 Å². The summed E-state index contributed by atoms with van der Waals surface area (Å²) in [5.74, 6) is 1.30. The molecule has 0 aliphatic carbocycles. The van der Waals surface area contributed by atoms with Crippen LogP contribution in [0.15, 0.2) is 59.2 Å². The maximum Gasteiger partial charge on any atom is 0.227 e. The number of aromatic nitrogens is 1. The zero-order valence-corrected chi connectivity index (χ0v) is 12.9. The van der Waals surface area contributed by atoms with Crippen LogP contribution in [0.25, 0.3) is 10.8 Å². The summed E-state index contributed by atoms with van der Waals surface area (Å²) in [4.78, 5) is 4.34. The van der Waals surface area contributed by atoms with Crippen LogP contribution in [0.5, 0.6) is 11.6 Å². The van der Waals surface area contributed by atoms with Gasteiger partial charge >= 0.3 is 0 Å². The summed E-state index contributed by atoms with van der Waals surface area (Å²) in [6.07, 6.45) is 2.29. The van der Waals surface area contributed by atoms with Gasteiger partial charge in [0.15, 0.2) is 0 Å². The van der Waals surface area contributed by atoms with Crippen LogP contribution in [0.1, 0.15) is 5.56 Å². The van der Waals surface area contributed by atoms with Crippen LogP contribution in [0.2, 0.25) is 0 Å². The highest BCUT2D eigenvalue weighted by molar-refractivity contribution is 9.10. The van der Waals surface area contributed by atoms with E-state index >= 15 is 0 Å². The minimum atomic E-state index is 0.0922. The van der Waals surface area contributed by atoms with Crippen molar-refractivity contribution in [1.82, 2.24) is 4.98 Å². The predicted molar refractivity (Wildman–Crippen MR) is 86.7 cm³/mol. The molecule has 1 aromatic heterocycles. The number of aliphatic hydroxyl groups excluding tert-OH is 1. The molecular weight excluding hydrogens is 330 g/mol. The fourth-order valence-electron chi connectivity index (χ4n) is 2.26. The van der Waals surface area contributed by atoms with E-state index < -0.39 is 0 Å². The number of fused-ring (bicyclic) bond motifs is 1. The maximum absolute atomic E-state index is 9.14. The zero-order valence-electron chi connectivity index (χ0n) is 11.3. The Labute approximate surface area is 131 Å². The molecule has 0 aliphatic heterocycles. The number of hydrogen-bond donors (Lipinski definition) is 1. The molecule has 3 aromatic rings. The van der Waals surface area contributed by atoms with Gasteiger partial charge in [-0.15, -0.1) is 0 Å². The third-order valence-electron chi connectivity index (χ3n) is 3.28. The van der Waals surface area contributed by atoms with E-state index in [1.165, 1.54) is 0 Å². The van der Waals surface area contributed by atoms with Crippen LogP contribution in [0, 0.1) is 0 Å². The van der Waals surface area contributed by atoms with Crippen molar-refractivity contribution in [2.24, 2.45) is 0 Å². The molecule has 0 saturated carbocycles. The van der Waals surface area contributed by atoms with E-state index in [1.54, 1.807) is 6.20 Å². The van der Waals surface area contributed by atoms with E-state index in [9.17, 15) is 0 Å². The summed E-state index contributed by atoms with van der Waals surface area (Å²) in [5.41, 5.74) is 0.966. The lowest BCUT2D eigenvalue weighted by Gasteiger charge is -2.11. The second kappa shape index (κ2) is 6.24. The number of rotatable bonds is 4. The zero-order chi connectivity index (χ0) is 14.7. The van der Waals surface area contributed by atoms with Gasteiger partial charge in [0, 0.05) is 28.0 Å². The molecule has 0 amide bonds. The Hall–Kier alpha value is -1.91. The third-order valence-corrected chi connectivity index (χ3v) is 3.97. The molecule has 21 heavy (non-hydrogen) atoms. The smallest absolute Gasteiger partial charge is 0.227 e. The van der Waals surface area contributed by atoms with Gasteiger partial charge in [-0.3, -0.25) is 0 Å². The fraction of sp³-hybridized carbons (Fsp3) is 0.118. The quantitative estimate of drug-likeness (QED) is 0.766. The van der Waals surface area contributed by atoms with E-state index in [2.05, 4.69) is 20.9 Å². The number of para-hydroxylation sites is 1. The van der Waals surface area contributed by atoms with Gasteiger partial charge in [0.1, 0.15) is 5.75 Å². The van der Waals surface area contributed by atoms with Crippen molar-refractivity contribution in [3.05, 3.63) is 64.8 Å². The van der Waals surface area contributed by atoms with Crippen LogP contribution in [0.4, 0.5) is 0 Å². The molecule has 1 heterocycles. The Balaban J connectivity index is 2.05. The molecule has 2 aromatic carbocycles.